The Bertz CT molecular complexity index is 2240. The maximum absolute atomic E-state index is 13.8. The molecule has 2 aliphatic rings. The molecule has 0 bridgehead atoms. The first-order valence-electron chi connectivity index (χ1n) is 18.9. The molecule has 0 aliphatic carbocycles. The normalized spacial score (nSPS) is 25.7. The van der Waals surface area contributed by atoms with Gasteiger partial charge in [-0.2, -0.15) is 0 Å². The Balaban J connectivity index is 1.52. The third-order valence-electron chi connectivity index (χ3n) is 9.06. The van der Waals surface area contributed by atoms with Gasteiger partial charge in [0.1, 0.15) is 12.7 Å². The summed E-state index contributed by atoms with van der Waals surface area (Å²) in [6.45, 7) is 6.02. The number of amides is 1. The van der Waals surface area contributed by atoms with Crippen molar-refractivity contribution in [3.8, 4) is 5.69 Å². The quantitative estimate of drug-likeness (QED) is 0.130. The van der Waals surface area contributed by atoms with E-state index in [-0.39, 0.29) is 25.9 Å². The molecule has 0 saturated carbocycles. The van der Waals surface area contributed by atoms with E-state index in [1.165, 1.54) is 12.1 Å². The number of benzene rings is 2. The Morgan fingerprint density at radius 3 is 1.60 bits per heavy atom. The number of carbonyl (C=O) groups is 8. The smallest absolute Gasteiger partial charge is 0.455 e. The summed E-state index contributed by atoms with van der Waals surface area (Å²) >= 11 is -0.346. The van der Waals surface area contributed by atoms with Crippen molar-refractivity contribution in [3.63, 3.8) is 0 Å². The Hall–Kier alpha value is -5.93. The first-order valence-corrected chi connectivity index (χ1v) is 20.6. The first-order chi connectivity index (χ1) is 29.3. The monoisotopic (exact) mass is 936 g/mol. The number of nitrogens with one attached hydrogen (secondary N) is 1. The summed E-state index contributed by atoms with van der Waals surface area (Å²) in [4.78, 5) is 114. The van der Waals surface area contributed by atoms with Crippen LogP contribution in [0.3, 0.4) is 0 Å². The zero-order valence-electron chi connectivity index (χ0n) is 34.4. The fourth-order valence-electron chi connectivity index (χ4n) is 6.73. The van der Waals surface area contributed by atoms with Gasteiger partial charge in [-0.15, -0.1) is 0 Å². The molecule has 1 amide bonds. The predicted octanol–water partition coefficient (Wildman–Crippen LogP) is 0.397. The van der Waals surface area contributed by atoms with E-state index in [2.05, 4.69) is 5.32 Å². The molecular formula is C40H44N2O19Se. The molecule has 2 saturated heterocycles. The van der Waals surface area contributed by atoms with Gasteiger partial charge in [-0.05, 0) is 0 Å². The van der Waals surface area contributed by atoms with Gasteiger partial charge in [0.05, 0.1) is 0 Å². The molecule has 2 aromatic carbocycles. The van der Waals surface area contributed by atoms with Crippen LogP contribution in [-0.4, -0.2) is 141 Å². The summed E-state index contributed by atoms with van der Waals surface area (Å²) in [5.41, 5.74) is 0.425. The number of nitrogens with zero attached hydrogens (tertiary/aromatic N) is 1. The Kier molecular flexibility index (Phi) is 15.8. The summed E-state index contributed by atoms with van der Waals surface area (Å²) in [6, 6.07) is 13.3. The number of fused-ring (bicyclic) bond motifs is 1. The van der Waals surface area contributed by atoms with E-state index in [1.54, 1.807) is 27.8 Å². The van der Waals surface area contributed by atoms with Crippen LogP contribution in [0.5, 0.6) is 0 Å². The molecule has 5 rings (SSSR count). The minimum absolute atomic E-state index is 0.0760. The molecule has 0 radical (unpaired) electrons. The number of hydrogen-bond donors (Lipinski definition) is 1. The van der Waals surface area contributed by atoms with Crippen molar-refractivity contribution < 1.29 is 85.7 Å². The summed E-state index contributed by atoms with van der Waals surface area (Å²) in [7, 11) is 0. The number of aromatic nitrogens is 1. The zero-order chi connectivity index (χ0) is 45.4. The minimum Gasteiger partial charge on any atom is -0.455 e. The number of hydrogen-bond acceptors (Lipinski definition) is 19. The van der Waals surface area contributed by atoms with Crippen molar-refractivity contribution in [1.82, 2.24) is 8.88 Å². The molecule has 1 aromatic heterocycles. The van der Waals surface area contributed by atoms with Gasteiger partial charge < -0.3 is 23.7 Å². The second kappa shape index (κ2) is 20.8. The van der Waals surface area contributed by atoms with Crippen LogP contribution in [0.15, 0.2) is 53.3 Å². The third kappa shape index (κ3) is 11.9. The van der Waals surface area contributed by atoms with Crippen molar-refractivity contribution in [2.75, 3.05) is 13.2 Å². The maximum atomic E-state index is 13.8. The van der Waals surface area contributed by atoms with Gasteiger partial charge in [0.15, 0.2) is 24.6 Å². The SMILES string of the molecule is CC(=O)OC[C@H]1O[C@@H](O[C@H]2[C@H](OC(C)=O)[C@@H](OC(C)=O)[C@H](NC(=O)c3ccc(-n4[se]c5ccccc5c4=O)cc3)O[C@@H]2COC(C)=O)[C@H](OC(C)=O)[C@@H](OC(C)=O)[C@H]1OC(C)=O. The van der Waals surface area contributed by atoms with E-state index in [4.69, 9.17) is 47.4 Å². The van der Waals surface area contributed by atoms with Crippen LogP contribution in [0.25, 0.3) is 15.3 Å². The number of ether oxygens (including phenoxy) is 10. The standard InChI is InChI=1S/C40H44N2O19Se/c1-18(43)52-16-28-32(61-40-36(58-24(7)49)34(56-22(5)47)31(54-20(3)45)29(60-40)17-53-19(2)44)33(55-21(4)46)35(57-23(6)48)38(59-28)41-37(50)25-12-14-26(15-13-25)42-39(51)27-10-8-9-11-30(27)62-42/h8-15,28-29,31-36,38,40H,16-17H2,1-7H3,(H,41,50)/t28-,29-,31+,32-,33+,34+,35-,36-,38-,40+/m1/s1. The van der Waals surface area contributed by atoms with E-state index in [0.717, 1.165) is 52.7 Å². The number of rotatable bonds is 14. The van der Waals surface area contributed by atoms with E-state index in [1.807, 2.05) is 12.1 Å². The second-order valence-electron chi connectivity index (χ2n) is 13.9. The summed E-state index contributed by atoms with van der Waals surface area (Å²) < 4.78 is 59.2. The van der Waals surface area contributed by atoms with Crippen molar-refractivity contribution >= 4 is 72.1 Å². The molecular weight excluding hydrogens is 891 g/mol. The van der Waals surface area contributed by atoms with Crippen molar-refractivity contribution in [1.29, 1.82) is 0 Å². The van der Waals surface area contributed by atoms with Crippen molar-refractivity contribution in [2.45, 2.75) is 110 Å². The molecule has 0 spiro atoms. The van der Waals surface area contributed by atoms with Gasteiger partial charge in [0.25, 0.3) is 0 Å². The van der Waals surface area contributed by atoms with Gasteiger partial charge in [-0.1, -0.05) is 0 Å². The first kappa shape index (κ1) is 47.1. The molecule has 3 heterocycles. The van der Waals surface area contributed by atoms with Crippen LogP contribution in [0, 0.1) is 0 Å². The zero-order valence-corrected chi connectivity index (χ0v) is 36.1. The Morgan fingerprint density at radius 2 is 1.06 bits per heavy atom. The summed E-state index contributed by atoms with van der Waals surface area (Å²) in [5.74, 6) is -7.00. The van der Waals surface area contributed by atoms with Gasteiger partial charge >= 0.3 is 229 Å². The molecule has 2 aliphatic heterocycles. The fourth-order valence-corrected chi connectivity index (χ4v) is 8.83. The van der Waals surface area contributed by atoms with E-state index >= 15 is 0 Å². The molecule has 1 N–H and O–H groups in total. The van der Waals surface area contributed by atoms with E-state index in [9.17, 15) is 43.2 Å². The van der Waals surface area contributed by atoms with Crippen molar-refractivity contribution in [3.05, 3.63) is 64.4 Å². The third-order valence-corrected chi connectivity index (χ3v) is 11.4. The Morgan fingerprint density at radius 1 is 0.581 bits per heavy atom. The molecule has 3 aromatic rings. The molecule has 0 unspecified atom stereocenters. The number of esters is 7. The minimum atomic E-state index is -1.87. The van der Waals surface area contributed by atoms with Gasteiger partial charge in [-0.25, -0.2) is 0 Å². The molecule has 2 fully saturated rings. The average molecular weight is 936 g/mol. The van der Waals surface area contributed by atoms with E-state index in [0.29, 0.717) is 11.1 Å². The van der Waals surface area contributed by atoms with Crippen molar-refractivity contribution in [2.24, 2.45) is 0 Å². The Labute approximate surface area is 359 Å². The molecule has 22 heteroatoms. The second-order valence-corrected chi connectivity index (χ2v) is 16.0. The van der Waals surface area contributed by atoms with Crippen LogP contribution in [0.1, 0.15) is 58.8 Å². The van der Waals surface area contributed by atoms with Gasteiger partial charge in [0.2, 0.25) is 0 Å². The molecule has 62 heavy (non-hydrogen) atoms. The summed E-state index contributed by atoms with van der Waals surface area (Å²) in [5, 5.41) is 3.20. The van der Waals surface area contributed by atoms with Crippen LogP contribution in [0.2, 0.25) is 0 Å². The van der Waals surface area contributed by atoms with Gasteiger partial charge in [-0.3, -0.25) is 28.8 Å². The van der Waals surface area contributed by atoms with E-state index < -0.39 is 122 Å². The molecule has 21 nitrogen and oxygen atoms in total. The average Bonchev–Trinajstić information content (AvgIpc) is 3.52. The van der Waals surface area contributed by atoms with Crippen LogP contribution < -0.4 is 10.9 Å². The fraction of sp³-hybridized carbons (Fsp3) is 0.475. The summed E-state index contributed by atoms with van der Waals surface area (Å²) in [6.07, 6.45) is -16.6. The van der Waals surface area contributed by atoms with Crippen LogP contribution in [0.4, 0.5) is 0 Å². The molecule has 334 valence electrons. The topological polar surface area (TPSA) is 263 Å². The number of carbonyl (C=O) groups excluding carboxylic acids is 8. The van der Waals surface area contributed by atoms with Crippen LogP contribution in [-0.2, 0) is 80.9 Å². The van der Waals surface area contributed by atoms with Gasteiger partial charge in [0, 0.05) is 41.5 Å². The van der Waals surface area contributed by atoms with Crippen LogP contribution >= 0.6 is 0 Å². The predicted molar refractivity (Wildman–Crippen MR) is 207 cm³/mol. The molecule has 10 atom stereocenters.